The molecule has 34 heavy (non-hydrogen) atoms. The third kappa shape index (κ3) is 5.12. The average Bonchev–Trinajstić information content (AvgIpc) is 3.54. The first-order chi connectivity index (χ1) is 16.7. The summed E-state index contributed by atoms with van der Waals surface area (Å²) in [4.78, 5) is 29.5. The average molecular weight is 472 g/mol. The SMILES string of the molecule is O=C(NCc1ccc(N2CCCC2)cc1)c1ccc(C2SCC(=O)N2Cc2ccccc2)cc1. The number of carbonyl (C=O) groups excluding carboxylic acids is 2. The number of benzene rings is 3. The molecule has 1 N–H and O–H groups in total. The highest BCUT2D eigenvalue weighted by atomic mass is 32.2. The van der Waals surface area contributed by atoms with Crippen molar-refractivity contribution in [3.63, 3.8) is 0 Å². The topological polar surface area (TPSA) is 52.7 Å². The number of anilines is 1. The number of hydrogen-bond acceptors (Lipinski definition) is 4. The second kappa shape index (κ2) is 10.3. The number of hydrogen-bond donors (Lipinski definition) is 1. The van der Waals surface area contributed by atoms with Gasteiger partial charge in [0.25, 0.3) is 5.91 Å². The predicted octanol–water partition coefficient (Wildman–Crippen LogP) is 4.99. The van der Waals surface area contributed by atoms with Crippen LogP contribution in [0, 0.1) is 0 Å². The van der Waals surface area contributed by atoms with Crippen LogP contribution in [-0.4, -0.2) is 35.6 Å². The molecule has 1 unspecified atom stereocenters. The molecule has 3 aromatic carbocycles. The predicted molar refractivity (Wildman–Crippen MR) is 138 cm³/mol. The van der Waals surface area contributed by atoms with Gasteiger partial charge in [0.1, 0.15) is 5.37 Å². The van der Waals surface area contributed by atoms with Crippen molar-refractivity contribution >= 4 is 29.3 Å². The van der Waals surface area contributed by atoms with Crippen molar-refractivity contribution in [1.29, 1.82) is 0 Å². The lowest BCUT2D eigenvalue weighted by Crippen LogP contribution is -2.27. The van der Waals surface area contributed by atoms with Crippen LogP contribution in [0.25, 0.3) is 0 Å². The lowest BCUT2D eigenvalue weighted by molar-refractivity contribution is -0.128. The lowest BCUT2D eigenvalue weighted by Gasteiger charge is -2.24. The third-order valence-corrected chi connectivity index (χ3v) is 7.74. The van der Waals surface area contributed by atoms with E-state index >= 15 is 0 Å². The summed E-state index contributed by atoms with van der Waals surface area (Å²) in [5.41, 5.74) is 5.13. The fourth-order valence-corrected chi connectivity index (χ4v) is 5.75. The van der Waals surface area contributed by atoms with E-state index in [0.29, 0.717) is 24.4 Å². The zero-order valence-electron chi connectivity index (χ0n) is 19.2. The molecule has 0 saturated carbocycles. The number of thioether (sulfide) groups is 1. The number of nitrogens with one attached hydrogen (secondary N) is 1. The van der Waals surface area contributed by atoms with Crippen LogP contribution in [0.15, 0.2) is 78.9 Å². The smallest absolute Gasteiger partial charge is 0.251 e. The molecule has 2 aliphatic heterocycles. The highest BCUT2D eigenvalue weighted by Crippen LogP contribution is 2.39. The molecule has 1 atom stereocenters. The summed E-state index contributed by atoms with van der Waals surface area (Å²) in [6.07, 6.45) is 2.52. The summed E-state index contributed by atoms with van der Waals surface area (Å²) in [7, 11) is 0. The summed E-state index contributed by atoms with van der Waals surface area (Å²) in [6.45, 7) is 3.35. The van der Waals surface area contributed by atoms with Gasteiger partial charge in [0.05, 0.1) is 5.75 Å². The molecular formula is C28H29N3O2S. The molecule has 3 aromatic rings. The van der Waals surface area contributed by atoms with Crippen LogP contribution in [-0.2, 0) is 17.9 Å². The maximum atomic E-state index is 12.7. The molecule has 0 spiro atoms. The van der Waals surface area contributed by atoms with Gasteiger partial charge in [-0.25, -0.2) is 0 Å². The molecule has 5 nitrogen and oxygen atoms in total. The standard InChI is InChI=1S/C28H29N3O2S/c32-26-20-34-28(31(26)19-22-6-2-1-3-7-22)24-12-10-23(11-13-24)27(33)29-18-21-8-14-25(15-9-21)30-16-4-5-17-30/h1-3,6-15,28H,4-5,16-20H2,(H,29,33). The quantitative estimate of drug-likeness (QED) is 0.527. The number of nitrogens with zero attached hydrogens (tertiary/aromatic N) is 2. The first-order valence-corrected chi connectivity index (χ1v) is 12.9. The van der Waals surface area contributed by atoms with Crippen molar-refractivity contribution in [3.8, 4) is 0 Å². The molecule has 2 saturated heterocycles. The molecule has 2 aliphatic rings. The summed E-state index contributed by atoms with van der Waals surface area (Å²) in [5, 5.41) is 2.99. The largest absolute Gasteiger partial charge is 0.372 e. The monoisotopic (exact) mass is 471 g/mol. The van der Waals surface area contributed by atoms with Crippen LogP contribution < -0.4 is 10.2 Å². The van der Waals surface area contributed by atoms with Crippen LogP contribution >= 0.6 is 11.8 Å². The van der Waals surface area contributed by atoms with Crippen molar-refractivity contribution < 1.29 is 9.59 Å². The summed E-state index contributed by atoms with van der Waals surface area (Å²) in [6, 6.07) is 26.2. The summed E-state index contributed by atoms with van der Waals surface area (Å²) in [5.74, 6) is 0.541. The van der Waals surface area contributed by atoms with Gasteiger partial charge < -0.3 is 15.1 Å². The Labute approximate surface area is 205 Å². The summed E-state index contributed by atoms with van der Waals surface area (Å²) >= 11 is 1.64. The van der Waals surface area contributed by atoms with Crippen LogP contribution in [0.2, 0.25) is 0 Å². The minimum absolute atomic E-state index is 0.0288. The molecule has 0 bridgehead atoms. The minimum atomic E-state index is -0.0912. The molecule has 2 amide bonds. The molecule has 0 aromatic heterocycles. The van der Waals surface area contributed by atoms with Gasteiger partial charge in [-0.15, -0.1) is 11.8 Å². The lowest BCUT2D eigenvalue weighted by atomic mass is 10.1. The molecule has 5 rings (SSSR count). The fourth-order valence-electron chi connectivity index (χ4n) is 4.56. The molecule has 174 valence electrons. The summed E-state index contributed by atoms with van der Waals surface area (Å²) < 4.78 is 0. The van der Waals surface area contributed by atoms with E-state index in [0.717, 1.165) is 29.8 Å². The molecule has 2 heterocycles. The maximum Gasteiger partial charge on any atom is 0.251 e. The van der Waals surface area contributed by atoms with Gasteiger partial charge in [-0.3, -0.25) is 9.59 Å². The molecule has 6 heteroatoms. The Morgan fingerprint density at radius 2 is 1.59 bits per heavy atom. The molecule has 2 fully saturated rings. The Hall–Kier alpha value is -3.25. The van der Waals surface area contributed by atoms with Crippen LogP contribution in [0.4, 0.5) is 5.69 Å². The van der Waals surface area contributed by atoms with Gasteiger partial charge in [0, 0.05) is 37.4 Å². The van der Waals surface area contributed by atoms with Crippen LogP contribution in [0.5, 0.6) is 0 Å². The van der Waals surface area contributed by atoms with Gasteiger partial charge in [-0.1, -0.05) is 54.6 Å². The van der Waals surface area contributed by atoms with E-state index in [-0.39, 0.29) is 17.2 Å². The molecular weight excluding hydrogens is 442 g/mol. The third-order valence-electron chi connectivity index (χ3n) is 6.48. The fraction of sp³-hybridized carbons (Fsp3) is 0.286. The second-order valence-corrected chi connectivity index (χ2v) is 9.90. The van der Waals surface area contributed by atoms with Crippen molar-refractivity contribution in [1.82, 2.24) is 10.2 Å². The van der Waals surface area contributed by atoms with Crippen LogP contribution in [0.3, 0.4) is 0 Å². The van der Waals surface area contributed by atoms with E-state index in [1.165, 1.54) is 18.5 Å². The maximum absolute atomic E-state index is 12.7. The molecule has 0 aliphatic carbocycles. The van der Waals surface area contributed by atoms with Gasteiger partial charge in [0.2, 0.25) is 5.91 Å². The Morgan fingerprint density at radius 1 is 0.882 bits per heavy atom. The second-order valence-electron chi connectivity index (χ2n) is 8.84. The van der Waals surface area contributed by atoms with Gasteiger partial charge >= 0.3 is 0 Å². The first kappa shape index (κ1) is 22.5. The Morgan fingerprint density at radius 3 is 2.29 bits per heavy atom. The number of carbonyl (C=O) groups is 2. The number of rotatable bonds is 7. The number of amides is 2. The Balaban J connectivity index is 1.19. The highest BCUT2D eigenvalue weighted by molar-refractivity contribution is 8.00. The van der Waals surface area contributed by atoms with E-state index in [4.69, 9.17) is 0 Å². The van der Waals surface area contributed by atoms with Gasteiger partial charge in [0.15, 0.2) is 0 Å². The molecule has 0 radical (unpaired) electrons. The normalized spacial score (nSPS) is 17.9. The van der Waals surface area contributed by atoms with Gasteiger partial charge in [-0.05, 0) is 53.8 Å². The van der Waals surface area contributed by atoms with Gasteiger partial charge in [-0.2, -0.15) is 0 Å². The minimum Gasteiger partial charge on any atom is -0.372 e. The van der Waals surface area contributed by atoms with E-state index in [2.05, 4.69) is 34.5 Å². The zero-order valence-corrected chi connectivity index (χ0v) is 20.0. The Bertz CT molecular complexity index is 1130. The highest BCUT2D eigenvalue weighted by Gasteiger charge is 2.32. The van der Waals surface area contributed by atoms with E-state index < -0.39 is 0 Å². The Kier molecular flexibility index (Phi) is 6.86. The first-order valence-electron chi connectivity index (χ1n) is 11.8. The van der Waals surface area contributed by atoms with Crippen molar-refractivity contribution in [2.75, 3.05) is 23.7 Å². The van der Waals surface area contributed by atoms with Crippen molar-refractivity contribution in [2.24, 2.45) is 0 Å². The van der Waals surface area contributed by atoms with E-state index in [1.807, 2.05) is 59.5 Å². The van der Waals surface area contributed by atoms with E-state index in [9.17, 15) is 9.59 Å². The van der Waals surface area contributed by atoms with E-state index in [1.54, 1.807) is 11.8 Å². The van der Waals surface area contributed by atoms with Crippen LogP contribution in [0.1, 0.15) is 45.3 Å². The van der Waals surface area contributed by atoms with Crippen molar-refractivity contribution in [3.05, 3.63) is 101 Å². The zero-order chi connectivity index (χ0) is 23.3. The van der Waals surface area contributed by atoms with Crippen molar-refractivity contribution in [2.45, 2.75) is 31.3 Å².